The molecule has 2 amide bonds. The summed E-state index contributed by atoms with van der Waals surface area (Å²) >= 11 is 3.45. The van der Waals surface area contributed by atoms with E-state index in [0.717, 1.165) is 27.7 Å². The van der Waals surface area contributed by atoms with Gasteiger partial charge in [-0.3, -0.25) is 9.59 Å². The number of fused-ring (bicyclic) bond motifs is 1. The van der Waals surface area contributed by atoms with E-state index >= 15 is 0 Å². The lowest BCUT2D eigenvalue weighted by Gasteiger charge is -2.16. The number of carbonyl (C=O) groups excluding carboxylic acids is 2. The molecule has 2 aromatic carbocycles. The van der Waals surface area contributed by atoms with Crippen LogP contribution in [0.2, 0.25) is 0 Å². The first kappa shape index (κ1) is 16.7. The summed E-state index contributed by atoms with van der Waals surface area (Å²) in [7, 11) is 0. The quantitative estimate of drug-likeness (QED) is 0.870. The minimum Gasteiger partial charge on any atom is -0.346 e. The van der Waals surface area contributed by atoms with Gasteiger partial charge >= 0.3 is 0 Å². The third kappa shape index (κ3) is 3.36. The van der Waals surface area contributed by atoms with Crippen LogP contribution in [0.25, 0.3) is 0 Å². The maximum Gasteiger partial charge on any atom is 0.251 e. The molecular weight excluding hydrogens is 368 g/mol. The van der Waals surface area contributed by atoms with Crippen molar-refractivity contribution in [3.05, 3.63) is 63.6 Å². The van der Waals surface area contributed by atoms with Crippen molar-refractivity contribution in [2.24, 2.45) is 0 Å². The topological polar surface area (TPSA) is 49.4 Å². The van der Waals surface area contributed by atoms with Gasteiger partial charge in [0.05, 0.1) is 6.04 Å². The fourth-order valence-corrected chi connectivity index (χ4v) is 3.43. The highest BCUT2D eigenvalue weighted by Crippen LogP contribution is 2.29. The molecule has 1 unspecified atom stereocenters. The highest BCUT2D eigenvalue weighted by molar-refractivity contribution is 9.10. The summed E-state index contributed by atoms with van der Waals surface area (Å²) in [5, 5.41) is 3.02. The van der Waals surface area contributed by atoms with E-state index in [9.17, 15) is 9.59 Å². The SMILES string of the molecule is CC(=O)N1CCc2cc(C(=O)NC(C)c3cccc(Br)c3)ccc21. The van der Waals surface area contributed by atoms with Gasteiger partial charge in [0.2, 0.25) is 5.91 Å². The molecule has 1 N–H and O–H groups in total. The number of nitrogens with one attached hydrogen (secondary N) is 1. The maximum atomic E-state index is 12.5. The van der Waals surface area contributed by atoms with E-state index in [1.807, 2.05) is 43.3 Å². The summed E-state index contributed by atoms with van der Waals surface area (Å²) in [6.45, 7) is 4.21. The first-order valence-corrected chi connectivity index (χ1v) is 8.72. The molecule has 0 spiro atoms. The fourth-order valence-electron chi connectivity index (χ4n) is 3.01. The van der Waals surface area contributed by atoms with Crippen LogP contribution in [0.15, 0.2) is 46.9 Å². The predicted octanol–water partition coefficient (Wildman–Crippen LogP) is 3.85. The van der Waals surface area contributed by atoms with E-state index < -0.39 is 0 Å². The largest absolute Gasteiger partial charge is 0.346 e. The van der Waals surface area contributed by atoms with Crippen LogP contribution in [0.4, 0.5) is 5.69 Å². The highest BCUT2D eigenvalue weighted by Gasteiger charge is 2.23. The Morgan fingerprint density at radius 2 is 2.00 bits per heavy atom. The van der Waals surface area contributed by atoms with Crippen LogP contribution in [0.1, 0.15) is 41.4 Å². The zero-order valence-corrected chi connectivity index (χ0v) is 15.3. The first-order chi connectivity index (χ1) is 11.5. The third-order valence-corrected chi connectivity index (χ3v) is 4.81. The molecule has 1 atom stereocenters. The van der Waals surface area contributed by atoms with Crippen LogP contribution in [0.5, 0.6) is 0 Å². The van der Waals surface area contributed by atoms with Crippen molar-refractivity contribution >= 4 is 33.4 Å². The van der Waals surface area contributed by atoms with Gasteiger partial charge in [-0.1, -0.05) is 28.1 Å². The molecule has 0 radical (unpaired) electrons. The van der Waals surface area contributed by atoms with E-state index in [0.29, 0.717) is 12.1 Å². The minimum absolute atomic E-state index is 0.0363. The van der Waals surface area contributed by atoms with E-state index in [1.165, 1.54) is 0 Å². The standard InChI is InChI=1S/C19H19BrN2O2/c1-12(14-4-3-5-17(20)11-14)21-19(24)16-6-7-18-15(10-16)8-9-22(18)13(2)23/h3-7,10-12H,8-9H2,1-2H3,(H,21,24). The van der Waals surface area contributed by atoms with Crippen molar-refractivity contribution in [3.8, 4) is 0 Å². The Kier molecular flexibility index (Phi) is 4.71. The Labute approximate surface area is 150 Å². The number of benzene rings is 2. The Morgan fingerprint density at radius 1 is 1.21 bits per heavy atom. The summed E-state index contributed by atoms with van der Waals surface area (Å²) in [6.07, 6.45) is 0.789. The number of hydrogen-bond acceptors (Lipinski definition) is 2. The van der Waals surface area contributed by atoms with Crippen molar-refractivity contribution in [2.45, 2.75) is 26.3 Å². The molecule has 2 aromatic rings. The lowest BCUT2D eigenvalue weighted by atomic mass is 10.1. The Balaban J connectivity index is 1.75. The second-order valence-electron chi connectivity index (χ2n) is 6.01. The molecule has 124 valence electrons. The van der Waals surface area contributed by atoms with Crippen LogP contribution in [-0.4, -0.2) is 18.4 Å². The van der Waals surface area contributed by atoms with Gasteiger partial charge in [-0.25, -0.2) is 0 Å². The van der Waals surface area contributed by atoms with Gasteiger partial charge in [0.25, 0.3) is 5.91 Å². The van der Waals surface area contributed by atoms with Gasteiger partial charge < -0.3 is 10.2 Å². The smallest absolute Gasteiger partial charge is 0.251 e. The molecule has 0 fully saturated rings. The summed E-state index contributed by atoms with van der Waals surface area (Å²) in [5.74, 6) is -0.0687. The number of rotatable bonds is 3. The number of anilines is 1. The Morgan fingerprint density at radius 3 is 2.71 bits per heavy atom. The molecule has 5 heteroatoms. The molecule has 3 rings (SSSR count). The highest BCUT2D eigenvalue weighted by atomic mass is 79.9. The maximum absolute atomic E-state index is 12.5. The van der Waals surface area contributed by atoms with Crippen LogP contribution < -0.4 is 10.2 Å². The molecule has 0 saturated carbocycles. The van der Waals surface area contributed by atoms with Crippen molar-refractivity contribution in [1.82, 2.24) is 5.32 Å². The van der Waals surface area contributed by atoms with Crippen LogP contribution in [-0.2, 0) is 11.2 Å². The fraction of sp³-hybridized carbons (Fsp3) is 0.263. The zero-order valence-electron chi connectivity index (χ0n) is 13.7. The molecular formula is C19H19BrN2O2. The monoisotopic (exact) mass is 386 g/mol. The lowest BCUT2D eigenvalue weighted by molar-refractivity contribution is -0.116. The van der Waals surface area contributed by atoms with E-state index in [1.54, 1.807) is 17.9 Å². The average molecular weight is 387 g/mol. The Hall–Kier alpha value is -2.14. The summed E-state index contributed by atoms with van der Waals surface area (Å²) in [6, 6.07) is 13.3. The van der Waals surface area contributed by atoms with E-state index in [2.05, 4.69) is 21.2 Å². The molecule has 0 saturated heterocycles. The number of hydrogen-bond donors (Lipinski definition) is 1. The summed E-state index contributed by atoms with van der Waals surface area (Å²) in [4.78, 5) is 25.9. The Bertz CT molecular complexity index is 804. The van der Waals surface area contributed by atoms with Gasteiger partial charge in [-0.2, -0.15) is 0 Å². The average Bonchev–Trinajstić information content (AvgIpc) is 2.98. The van der Waals surface area contributed by atoms with Gasteiger partial charge in [0.1, 0.15) is 0 Å². The predicted molar refractivity (Wildman–Crippen MR) is 98.2 cm³/mol. The van der Waals surface area contributed by atoms with Crippen LogP contribution in [0, 0.1) is 0 Å². The second kappa shape index (κ2) is 6.77. The van der Waals surface area contributed by atoms with Gasteiger partial charge in [0.15, 0.2) is 0 Å². The zero-order chi connectivity index (χ0) is 17.3. The number of carbonyl (C=O) groups is 2. The molecule has 1 aliphatic heterocycles. The van der Waals surface area contributed by atoms with Crippen molar-refractivity contribution in [1.29, 1.82) is 0 Å². The molecule has 1 heterocycles. The summed E-state index contributed by atoms with van der Waals surface area (Å²) < 4.78 is 0.989. The summed E-state index contributed by atoms with van der Waals surface area (Å²) in [5.41, 5.74) is 3.63. The van der Waals surface area contributed by atoms with Crippen molar-refractivity contribution in [2.75, 3.05) is 11.4 Å². The molecule has 0 aromatic heterocycles. The van der Waals surface area contributed by atoms with Crippen LogP contribution in [0.3, 0.4) is 0 Å². The van der Waals surface area contributed by atoms with Gasteiger partial charge in [-0.15, -0.1) is 0 Å². The van der Waals surface area contributed by atoms with Gasteiger partial charge in [-0.05, 0) is 54.8 Å². The molecule has 24 heavy (non-hydrogen) atoms. The molecule has 1 aliphatic rings. The normalized spacial score (nSPS) is 14.2. The van der Waals surface area contributed by atoms with Crippen molar-refractivity contribution in [3.63, 3.8) is 0 Å². The lowest BCUT2D eigenvalue weighted by Crippen LogP contribution is -2.27. The van der Waals surface area contributed by atoms with Crippen LogP contribution >= 0.6 is 15.9 Å². The van der Waals surface area contributed by atoms with E-state index in [4.69, 9.17) is 0 Å². The number of halogens is 1. The van der Waals surface area contributed by atoms with Gasteiger partial charge in [0, 0.05) is 29.2 Å². The number of amides is 2. The molecule has 4 nitrogen and oxygen atoms in total. The first-order valence-electron chi connectivity index (χ1n) is 7.93. The third-order valence-electron chi connectivity index (χ3n) is 4.31. The minimum atomic E-state index is -0.105. The second-order valence-corrected chi connectivity index (χ2v) is 6.93. The molecule has 0 aliphatic carbocycles. The van der Waals surface area contributed by atoms with Crippen molar-refractivity contribution < 1.29 is 9.59 Å². The van der Waals surface area contributed by atoms with E-state index in [-0.39, 0.29) is 17.9 Å². The number of nitrogens with zero attached hydrogens (tertiary/aromatic N) is 1. The molecule has 0 bridgehead atoms.